The molecule has 1 fully saturated rings. The summed E-state index contributed by atoms with van der Waals surface area (Å²) in [7, 11) is 0. The largest absolute Gasteiger partial charge is 0.374 e. The van der Waals surface area contributed by atoms with Crippen molar-refractivity contribution in [1.82, 2.24) is 4.90 Å². The second-order valence-corrected chi connectivity index (χ2v) is 5.36. The molecule has 2 N–H and O–H groups in total. The second-order valence-electron chi connectivity index (χ2n) is 5.36. The van der Waals surface area contributed by atoms with E-state index in [1.165, 1.54) is 12.1 Å². The predicted molar refractivity (Wildman–Crippen MR) is 74.5 cm³/mol. The average molecular weight is 284 g/mol. The summed E-state index contributed by atoms with van der Waals surface area (Å²) in [5, 5.41) is 0. The molecule has 1 aromatic carbocycles. The molecule has 2 atom stereocenters. The highest BCUT2D eigenvalue weighted by Crippen LogP contribution is 2.14. The maximum Gasteiger partial charge on any atom is 0.126 e. The number of rotatable bonds is 5. The van der Waals surface area contributed by atoms with E-state index in [4.69, 9.17) is 10.5 Å². The first-order chi connectivity index (χ1) is 9.58. The molecule has 2 rings (SSSR count). The number of hydrogen-bond donors (Lipinski definition) is 1. The number of benzene rings is 1. The van der Waals surface area contributed by atoms with E-state index >= 15 is 0 Å². The van der Waals surface area contributed by atoms with Crippen LogP contribution in [-0.4, -0.2) is 43.3 Å². The molecule has 0 spiro atoms. The van der Waals surface area contributed by atoms with E-state index in [1.54, 1.807) is 0 Å². The Morgan fingerprint density at radius 1 is 1.35 bits per heavy atom. The minimum Gasteiger partial charge on any atom is -0.374 e. The summed E-state index contributed by atoms with van der Waals surface area (Å²) in [5.41, 5.74) is 6.72. The predicted octanol–water partition coefficient (Wildman–Crippen LogP) is 1.95. The summed E-state index contributed by atoms with van der Waals surface area (Å²) in [4.78, 5) is 2.32. The molecule has 1 aliphatic rings. The Labute approximate surface area is 118 Å². The van der Waals surface area contributed by atoms with E-state index in [-0.39, 0.29) is 12.1 Å². The van der Waals surface area contributed by atoms with Gasteiger partial charge in [0.05, 0.1) is 12.7 Å². The van der Waals surface area contributed by atoms with E-state index in [0.29, 0.717) is 18.6 Å². The first-order valence-corrected chi connectivity index (χ1v) is 7.13. The minimum absolute atomic E-state index is 0.0818. The molecule has 1 aliphatic heterocycles. The molecule has 20 heavy (non-hydrogen) atoms. The van der Waals surface area contributed by atoms with E-state index in [0.717, 1.165) is 32.1 Å². The molecule has 0 aromatic heterocycles. The van der Waals surface area contributed by atoms with Crippen LogP contribution in [0.5, 0.6) is 0 Å². The lowest BCUT2D eigenvalue weighted by Crippen LogP contribution is -2.51. The van der Waals surface area contributed by atoms with Crippen LogP contribution in [0.3, 0.4) is 0 Å². The van der Waals surface area contributed by atoms with Crippen molar-refractivity contribution in [3.05, 3.63) is 35.4 Å². The van der Waals surface area contributed by atoms with Crippen molar-refractivity contribution in [2.75, 3.05) is 26.2 Å². The fraction of sp³-hybridized carbons (Fsp3) is 0.600. The molecular formula is C15H22F2N2O. The maximum absolute atomic E-state index is 13.2. The zero-order valence-corrected chi connectivity index (χ0v) is 11.8. The number of ether oxygens (including phenoxy) is 1. The van der Waals surface area contributed by atoms with Crippen LogP contribution in [0, 0.1) is 11.6 Å². The lowest BCUT2D eigenvalue weighted by Gasteiger charge is -2.35. The van der Waals surface area contributed by atoms with Gasteiger partial charge in [0.25, 0.3) is 0 Å². The van der Waals surface area contributed by atoms with Crippen molar-refractivity contribution in [2.45, 2.75) is 31.9 Å². The van der Waals surface area contributed by atoms with Gasteiger partial charge in [-0.1, -0.05) is 6.92 Å². The van der Waals surface area contributed by atoms with Crippen LogP contribution in [0.2, 0.25) is 0 Å². The quantitative estimate of drug-likeness (QED) is 0.898. The van der Waals surface area contributed by atoms with Gasteiger partial charge in [-0.15, -0.1) is 0 Å². The monoisotopic (exact) mass is 284 g/mol. The zero-order valence-electron chi connectivity index (χ0n) is 11.8. The van der Waals surface area contributed by atoms with Crippen LogP contribution < -0.4 is 5.73 Å². The molecule has 3 nitrogen and oxygen atoms in total. The Bertz CT molecular complexity index is 420. The lowest BCUT2D eigenvalue weighted by atomic mass is 10.0. The van der Waals surface area contributed by atoms with Crippen molar-refractivity contribution >= 4 is 0 Å². The van der Waals surface area contributed by atoms with Crippen molar-refractivity contribution in [3.63, 3.8) is 0 Å². The summed E-state index contributed by atoms with van der Waals surface area (Å²) in [6.45, 7) is 5.54. The van der Waals surface area contributed by atoms with Gasteiger partial charge < -0.3 is 10.5 Å². The van der Waals surface area contributed by atoms with Crippen LogP contribution in [0.1, 0.15) is 18.9 Å². The summed E-state index contributed by atoms with van der Waals surface area (Å²) in [6, 6.07) is 3.27. The Balaban J connectivity index is 1.95. The third-order valence-corrected chi connectivity index (χ3v) is 3.59. The van der Waals surface area contributed by atoms with Crippen molar-refractivity contribution in [1.29, 1.82) is 0 Å². The summed E-state index contributed by atoms with van der Waals surface area (Å²) in [5.74, 6) is -1.13. The fourth-order valence-corrected chi connectivity index (χ4v) is 2.64. The van der Waals surface area contributed by atoms with Crippen LogP contribution in [0.4, 0.5) is 8.78 Å². The lowest BCUT2D eigenvalue weighted by molar-refractivity contribution is -0.0400. The third-order valence-electron chi connectivity index (χ3n) is 3.59. The van der Waals surface area contributed by atoms with Crippen molar-refractivity contribution in [2.24, 2.45) is 5.73 Å². The molecule has 0 amide bonds. The van der Waals surface area contributed by atoms with Gasteiger partial charge in [-0.25, -0.2) is 8.78 Å². The third kappa shape index (κ3) is 4.23. The normalized spacial score (nSPS) is 21.9. The first kappa shape index (κ1) is 15.4. The van der Waals surface area contributed by atoms with Crippen LogP contribution >= 0.6 is 0 Å². The van der Waals surface area contributed by atoms with Gasteiger partial charge in [0.15, 0.2) is 0 Å². The fourth-order valence-electron chi connectivity index (χ4n) is 2.64. The van der Waals surface area contributed by atoms with Crippen LogP contribution in [0.15, 0.2) is 18.2 Å². The summed E-state index contributed by atoms with van der Waals surface area (Å²) < 4.78 is 32.0. The maximum atomic E-state index is 13.2. The molecule has 2 unspecified atom stereocenters. The average Bonchev–Trinajstić information content (AvgIpc) is 2.38. The van der Waals surface area contributed by atoms with E-state index in [1.807, 2.05) is 0 Å². The number of morpholine rings is 1. The number of nitrogens with zero attached hydrogens (tertiary/aromatic N) is 1. The van der Waals surface area contributed by atoms with Gasteiger partial charge in [-0.3, -0.25) is 4.90 Å². The van der Waals surface area contributed by atoms with Gasteiger partial charge >= 0.3 is 0 Å². The van der Waals surface area contributed by atoms with Crippen molar-refractivity contribution < 1.29 is 13.5 Å². The molecule has 0 bridgehead atoms. The van der Waals surface area contributed by atoms with Crippen molar-refractivity contribution in [3.8, 4) is 0 Å². The Hall–Kier alpha value is -1.04. The Morgan fingerprint density at radius 2 is 2.05 bits per heavy atom. The molecule has 0 radical (unpaired) electrons. The molecule has 1 aromatic rings. The van der Waals surface area contributed by atoms with Gasteiger partial charge in [-0.05, 0) is 37.1 Å². The van der Waals surface area contributed by atoms with Gasteiger partial charge in [0, 0.05) is 25.2 Å². The molecule has 1 saturated heterocycles. The standard InChI is InChI=1S/C15H22F2N2O/c1-2-3-19-4-5-20-15(10-19)14(18)8-11-6-12(16)9-13(17)7-11/h6-7,9,14-15H,2-5,8,10,18H2,1H3. The topological polar surface area (TPSA) is 38.5 Å². The molecule has 5 heteroatoms. The van der Waals surface area contributed by atoms with Gasteiger partial charge in [-0.2, -0.15) is 0 Å². The SMILES string of the molecule is CCCN1CCOC(C(N)Cc2cc(F)cc(F)c2)C1. The summed E-state index contributed by atoms with van der Waals surface area (Å²) >= 11 is 0. The smallest absolute Gasteiger partial charge is 0.126 e. The van der Waals surface area contributed by atoms with E-state index in [2.05, 4.69) is 11.8 Å². The number of halogens is 2. The minimum atomic E-state index is -0.565. The Morgan fingerprint density at radius 3 is 2.70 bits per heavy atom. The second kappa shape index (κ2) is 7.11. The highest BCUT2D eigenvalue weighted by atomic mass is 19.1. The molecule has 0 saturated carbocycles. The highest BCUT2D eigenvalue weighted by Gasteiger charge is 2.25. The molecule has 112 valence electrons. The molecular weight excluding hydrogens is 262 g/mol. The zero-order chi connectivity index (χ0) is 14.5. The summed E-state index contributed by atoms with van der Waals surface area (Å²) in [6.07, 6.45) is 1.43. The van der Waals surface area contributed by atoms with Gasteiger partial charge in [0.2, 0.25) is 0 Å². The highest BCUT2D eigenvalue weighted by molar-refractivity contribution is 5.19. The van der Waals surface area contributed by atoms with E-state index in [9.17, 15) is 8.78 Å². The van der Waals surface area contributed by atoms with E-state index < -0.39 is 11.6 Å². The first-order valence-electron chi connectivity index (χ1n) is 7.13. The number of nitrogens with two attached hydrogens (primary N) is 1. The molecule has 1 heterocycles. The van der Waals surface area contributed by atoms with Crippen LogP contribution in [0.25, 0.3) is 0 Å². The number of hydrogen-bond acceptors (Lipinski definition) is 3. The van der Waals surface area contributed by atoms with Gasteiger partial charge in [0.1, 0.15) is 11.6 Å². The molecule has 0 aliphatic carbocycles. The Kier molecular flexibility index (Phi) is 5.46. The van der Waals surface area contributed by atoms with Crippen LogP contribution in [-0.2, 0) is 11.2 Å².